The Morgan fingerprint density at radius 2 is 2.14 bits per heavy atom. The summed E-state index contributed by atoms with van der Waals surface area (Å²) in [7, 11) is 0. The van der Waals surface area contributed by atoms with E-state index in [1.54, 1.807) is 0 Å². The van der Waals surface area contributed by atoms with Crippen molar-refractivity contribution in [3.63, 3.8) is 0 Å². The molecule has 0 bridgehead atoms. The highest BCUT2D eigenvalue weighted by Gasteiger charge is 2.33. The van der Waals surface area contributed by atoms with Crippen LogP contribution < -0.4 is 5.32 Å². The van der Waals surface area contributed by atoms with Gasteiger partial charge < -0.3 is 14.8 Å². The van der Waals surface area contributed by atoms with Crippen LogP contribution in [0.3, 0.4) is 0 Å². The maximum atomic E-state index is 12.0. The minimum atomic E-state index is -0.213. The average molecular weight is 358 g/mol. The molecule has 0 aromatic heterocycles. The zero-order valence-electron chi connectivity index (χ0n) is 12.6. The molecule has 5 heteroatoms. The summed E-state index contributed by atoms with van der Waals surface area (Å²) in [4.78, 5) is 12.0. The van der Waals surface area contributed by atoms with Gasteiger partial charge >= 0.3 is 5.97 Å². The van der Waals surface area contributed by atoms with Crippen LogP contribution in [-0.2, 0) is 14.3 Å². The fourth-order valence-corrected chi connectivity index (χ4v) is 2.58. The van der Waals surface area contributed by atoms with Crippen LogP contribution in [0.1, 0.15) is 31.9 Å². The molecule has 0 radical (unpaired) electrons. The summed E-state index contributed by atoms with van der Waals surface area (Å²) < 4.78 is 10.6. The van der Waals surface area contributed by atoms with E-state index in [-0.39, 0.29) is 41.0 Å². The first-order valence-electron chi connectivity index (χ1n) is 7.27. The summed E-state index contributed by atoms with van der Waals surface area (Å²) in [5, 5.41) is 3.54. The number of ether oxygens (including phenoxy) is 2. The van der Waals surface area contributed by atoms with Crippen LogP contribution in [0.25, 0.3) is 0 Å². The Bertz CT molecular complexity index is 427. The maximum Gasteiger partial charge on any atom is 0.312 e. The molecular weight excluding hydrogens is 334 g/mol. The molecule has 118 valence electrons. The van der Waals surface area contributed by atoms with Crippen LogP contribution in [0.2, 0.25) is 0 Å². The first-order valence-corrected chi connectivity index (χ1v) is 7.27. The molecule has 1 aromatic rings. The summed E-state index contributed by atoms with van der Waals surface area (Å²) in [6, 6.07) is 10.6. The largest absolute Gasteiger partial charge is 0.466 e. The van der Waals surface area contributed by atoms with Crippen molar-refractivity contribution in [2.24, 2.45) is 5.92 Å². The Kier molecular flexibility index (Phi) is 7.93. The molecule has 1 aliphatic heterocycles. The summed E-state index contributed by atoms with van der Waals surface area (Å²) in [5.74, 6) is -0.375. The van der Waals surface area contributed by atoms with E-state index in [0.717, 1.165) is 6.42 Å². The summed E-state index contributed by atoms with van der Waals surface area (Å²) >= 11 is 0. The molecule has 0 aliphatic carbocycles. The number of hydrogen-bond acceptors (Lipinski definition) is 4. The Morgan fingerprint density at radius 3 is 2.81 bits per heavy atom. The number of esters is 1. The predicted octanol–water partition coefficient (Wildman–Crippen LogP) is 2.88. The van der Waals surface area contributed by atoms with Crippen molar-refractivity contribution in [1.29, 1.82) is 0 Å². The van der Waals surface area contributed by atoms with Gasteiger partial charge in [-0.1, -0.05) is 30.3 Å². The SMILES string of the molecule is Br.CCOC(=O)[C@@H]1COCC[C@@H]1N[C@@H](C)c1ccccc1. The molecule has 1 aliphatic rings. The van der Waals surface area contributed by atoms with Gasteiger partial charge in [-0.25, -0.2) is 0 Å². The molecule has 2 rings (SSSR count). The van der Waals surface area contributed by atoms with Gasteiger partial charge in [0.1, 0.15) is 0 Å². The first kappa shape index (κ1) is 18.1. The fraction of sp³-hybridized carbons (Fsp3) is 0.562. The number of carbonyl (C=O) groups excluding carboxylic acids is 1. The standard InChI is InChI=1S/C16H23NO3.BrH/c1-3-20-16(18)14-11-19-10-9-15(14)17-12(2)13-7-5-4-6-8-13;/h4-8,12,14-15,17H,3,9-11H2,1-2H3;1H/t12-,14+,15-;/m0./s1. The third-order valence-corrected chi connectivity index (χ3v) is 3.71. The van der Waals surface area contributed by atoms with Crippen molar-refractivity contribution >= 4 is 23.0 Å². The van der Waals surface area contributed by atoms with E-state index in [1.165, 1.54) is 5.56 Å². The van der Waals surface area contributed by atoms with E-state index >= 15 is 0 Å². The second-order valence-electron chi connectivity index (χ2n) is 5.13. The van der Waals surface area contributed by atoms with E-state index < -0.39 is 0 Å². The van der Waals surface area contributed by atoms with Crippen molar-refractivity contribution in [2.45, 2.75) is 32.4 Å². The Labute approximate surface area is 137 Å². The van der Waals surface area contributed by atoms with Crippen molar-refractivity contribution in [3.8, 4) is 0 Å². The van der Waals surface area contributed by atoms with Crippen LogP contribution in [0.4, 0.5) is 0 Å². The van der Waals surface area contributed by atoms with E-state index in [0.29, 0.717) is 19.8 Å². The van der Waals surface area contributed by atoms with E-state index in [4.69, 9.17) is 9.47 Å². The van der Waals surface area contributed by atoms with Gasteiger partial charge in [-0.2, -0.15) is 0 Å². The smallest absolute Gasteiger partial charge is 0.312 e. The third kappa shape index (κ3) is 5.09. The lowest BCUT2D eigenvalue weighted by molar-refractivity contribution is -0.154. The monoisotopic (exact) mass is 357 g/mol. The maximum absolute atomic E-state index is 12.0. The molecule has 3 atom stereocenters. The second-order valence-corrected chi connectivity index (χ2v) is 5.13. The van der Waals surface area contributed by atoms with E-state index in [2.05, 4.69) is 24.4 Å². The number of carbonyl (C=O) groups is 1. The predicted molar refractivity (Wildman–Crippen MR) is 87.7 cm³/mol. The molecule has 1 aromatic carbocycles. The first-order chi connectivity index (χ1) is 9.72. The lowest BCUT2D eigenvalue weighted by Gasteiger charge is -2.33. The number of halogens is 1. The highest BCUT2D eigenvalue weighted by Crippen LogP contribution is 2.21. The number of hydrogen-bond donors (Lipinski definition) is 1. The number of benzene rings is 1. The van der Waals surface area contributed by atoms with Crippen molar-refractivity contribution in [1.82, 2.24) is 5.32 Å². The van der Waals surface area contributed by atoms with E-state index in [9.17, 15) is 4.79 Å². The van der Waals surface area contributed by atoms with Crippen molar-refractivity contribution in [3.05, 3.63) is 35.9 Å². The number of rotatable bonds is 5. The molecule has 1 fully saturated rings. The highest BCUT2D eigenvalue weighted by atomic mass is 79.9. The zero-order valence-corrected chi connectivity index (χ0v) is 14.3. The molecule has 1 saturated heterocycles. The minimum absolute atomic E-state index is 0. The highest BCUT2D eigenvalue weighted by molar-refractivity contribution is 8.93. The van der Waals surface area contributed by atoms with Crippen LogP contribution in [-0.4, -0.2) is 31.8 Å². The van der Waals surface area contributed by atoms with Gasteiger partial charge in [0.15, 0.2) is 0 Å². The molecule has 0 spiro atoms. The lowest BCUT2D eigenvalue weighted by Crippen LogP contribution is -2.47. The summed E-state index contributed by atoms with van der Waals surface area (Å²) in [6.07, 6.45) is 0.834. The second kappa shape index (κ2) is 9.18. The molecule has 21 heavy (non-hydrogen) atoms. The lowest BCUT2D eigenvalue weighted by atomic mass is 9.94. The van der Waals surface area contributed by atoms with Gasteiger partial charge in [0.2, 0.25) is 0 Å². The van der Waals surface area contributed by atoms with Crippen LogP contribution >= 0.6 is 17.0 Å². The van der Waals surface area contributed by atoms with Crippen molar-refractivity contribution in [2.75, 3.05) is 19.8 Å². The Balaban J connectivity index is 0.00000220. The average Bonchev–Trinajstić information content (AvgIpc) is 2.49. The van der Waals surface area contributed by atoms with E-state index in [1.807, 2.05) is 25.1 Å². The van der Waals surface area contributed by atoms with Gasteiger partial charge in [0.25, 0.3) is 0 Å². The van der Waals surface area contributed by atoms with Gasteiger partial charge in [-0.3, -0.25) is 4.79 Å². The molecule has 0 amide bonds. The fourth-order valence-electron chi connectivity index (χ4n) is 2.58. The van der Waals surface area contributed by atoms with Crippen molar-refractivity contribution < 1.29 is 14.3 Å². The van der Waals surface area contributed by atoms with Crippen LogP contribution in [0.5, 0.6) is 0 Å². The Hall–Kier alpha value is -0.910. The topological polar surface area (TPSA) is 47.6 Å². The quantitative estimate of drug-likeness (QED) is 0.823. The van der Waals surface area contributed by atoms with Gasteiger partial charge in [0, 0.05) is 18.7 Å². The van der Waals surface area contributed by atoms with Crippen LogP contribution in [0, 0.1) is 5.92 Å². The summed E-state index contributed by atoms with van der Waals surface area (Å²) in [5.41, 5.74) is 1.22. The molecule has 4 nitrogen and oxygen atoms in total. The normalized spacial score (nSPS) is 23.0. The number of nitrogens with one attached hydrogen (secondary N) is 1. The Morgan fingerprint density at radius 1 is 1.43 bits per heavy atom. The van der Waals surface area contributed by atoms with Gasteiger partial charge in [0.05, 0.1) is 19.1 Å². The van der Waals surface area contributed by atoms with Gasteiger partial charge in [-0.15, -0.1) is 17.0 Å². The van der Waals surface area contributed by atoms with Crippen LogP contribution in [0.15, 0.2) is 30.3 Å². The minimum Gasteiger partial charge on any atom is -0.466 e. The molecule has 0 unspecified atom stereocenters. The molecule has 1 heterocycles. The molecule has 1 N–H and O–H groups in total. The summed E-state index contributed by atoms with van der Waals surface area (Å²) in [6.45, 7) is 5.49. The third-order valence-electron chi connectivity index (χ3n) is 3.71. The molecular formula is C16H24BrNO3. The van der Waals surface area contributed by atoms with Gasteiger partial charge in [-0.05, 0) is 25.8 Å². The zero-order chi connectivity index (χ0) is 14.4. The molecule has 0 saturated carbocycles.